The average Bonchev–Trinajstić information content (AvgIpc) is 2.44. The van der Waals surface area contributed by atoms with Crippen LogP contribution >= 0.6 is 0 Å². The number of nitrogens with one attached hydrogen (secondary N) is 1. The lowest BCUT2D eigenvalue weighted by atomic mass is 9.79. The van der Waals surface area contributed by atoms with Crippen molar-refractivity contribution >= 4 is 18.5 Å². The van der Waals surface area contributed by atoms with Crippen molar-refractivity contribution in [2.24, 2.45) is 5.73 Å². The molecular weight excluding hydrogens is 314 g/mol. The number of amides is 1. The van der Waals surface area contributed by atoms with E-state index in [2.05, 4.69) is 4.76 Å². The predicted molar refractivity (Wildman–Crippen MR) is 66.9 cm³/mol. The molecule has 0 aliphatic rings. The van der Waals surface area contributed by atoms with E-state index in [-0.39, 0.29) is 18.4 Å². The lowest BCUT2D eigenvalue weighted by Crippen LogP contribution is -2.41. The Morgan fingerprint density at radius 1 is 1.23 bits per heavy atom. The summed E-state index contributed by atoms with van der Waals surface area (Å²) in [4.78, 5) is 11.0. The molecule has 122 valence electrons. The molecule has 0 saturated heterocycles. The lowest BCUT2D eigenvalue weighted by Gasteiger charge is -2.20. The molecular formula is C11H12BF5N2O3. The summed E-state index contributed by atoms with van der Waals surface area (Å²) in [7, 11) is -1.73. The zero-order chi connectivity index (χ0) is 17.0. The van der Waals surface area contributed by atoms with Crippen LogP contribution in [0.25, 0.3) is 0 Å². The molecule has 1 aromatic carbocycles. The number of alkyl halides is 5. The maximum absolute atomic E-state index is 13.0. The van der Waals surface area contributed by atoms with Crippen LogP contribution in [0, 0.1) is 0 Å². The van der Waals surface area contributed by atoms with Gasteiger partial charge in [0.15, 0.2) is 0 Å². The summed E-state index contributed by atoms with van der Waals surface area (Å²) >= 11 is 0. The van der Waals surface area contributed by atoms with Crippen molar-refractivity contribution in [2.45, 2.75) is 18.5 Å². The van der Waals surface area contributed by atoms with Gasteiger partial charge in [0.25, 0.3) is 0 Å². The van der Waals surface area contributed by atoms with Crippen molar-refractivity contribution < 1.29 is 36.5 Å². The van der Waals surface area contributed by atoms with E-state index in [1.165, 1.54) is 0 Å². The molecule has 0 heterocycles. The average molecular weight is 326 g/mol. The van der Waals surface area contributed by atoms with Gasteiger partial charge in [0.1, 0.15) is 0 Å². The number of nitrogens with two attached hydrogens (primary N) is 1. The van der Waals surface area contributed by atoms with Crippen LogP contribution in [0.3, 0.4) is 0 Å². The van der Waals surface area contributed by atoms with Crippen LogP contribution in [0.15, 0.2) is 24.3 Å². The fraction of sp³-hybridized carbons (Fsp3) is 0.364. The SMILES string of the molecule is NCCC(=O)NOB(O)c1ccc(C(F)(F)C(F)(F)F)cc1. The van der Waals surface area contributed by atoms with Gasteiger partial charge < -0.3 is 10.8 Å². The molecule has 4 N–H and O–H groups in total. The topological polar surface area (TPSA) is 84.6 Å². The number of hydroxylamine groups is 1. The van der Waals surface area contributed by atoms with Crippen LogP contribution in [-0.4, -0.2) is 30.8 Å². The van der Waals surface area contributed by atoms with Crippen molar-refractivity contribution in [2.75, 3.05) is 6.54 Å². The number of hydrogen-bond acceptors (Lipinski definition) is 4. The van der Waals surface area contributed by atoms with Crippen LogP contribution in [0.5, 0.6) is 0 Å². The summed E-state index contributed by atoms with van der Waals surface area (Å²) in [6, 6.07) is 2.68. The summed E-state index contributed by atoms with van der Waals surface area (Å²) in [6.07, 6.45) is -5.79. The van der Waals surface area contributed by atoms with Crippen molar-refractivity contribution in [3.8, 4) is 0 Å². The van der Waals surface area contributed by atoms with Gasteiger partial charge in [-0.3, -0.25) is 9.55 Å². The standard InChI is InChI=1S/C11H12BF5N2O3/c13-10(14,11(15,16)17)7-1-3-8(4-2-7)12(21)22-19-9(20)5-6-18/h1-4,21H,5-6,18H2,(H,19,20). The largest absolute Gasteiger partial charge is 0.514 e. The van der Waals surface area contributed by atoms with Gasteiger partial charge in [0, 0.05) is 18.5 Å². The van der Waals surface area contributed by atoms with E-state index in [9.17, 15) is 31.8 Å². The highest BCUT2D eigenvalue weighted by molar-refractivity contribution is 6.59. The Morgan fingerprint density at radius 2 is 1.77 bits per heavy atom. The molecule has 0 unspecified atom stereocenters. The number of carbonyl (C=O) groups excluding carboxylic acids is 1. The first-order valence-corrected chi connectivity index (χ1v) is 5.97. The van der Waals surface area contributed by atoms with E-state index in [0.717, 1.165) is 12.1 Å². The fourth-order valence-electron chi connectivity index (χ4n) is 1.39. The number of benzene rings is 1. The molecule has 1 amide bonds. The highest BCUT2D eigenvalue weighted by atomic mass is 19.4. The summed E-state index contributed by atoms with van der Waals surface area (Å²) in [6.45, 7) is 0.0481. The van der Waals surface area contributed by atoms with Crippen molar-refractivity contribution in [1.82, 2.24) is 5.48 Å². The Labute approximate surface area is 122 Å². The quantitative estimate of drug-likeness (QED) is 0.402. The molecule has 0 aromatic heterocycles. The number of carbonyl (C=O) groups is 1. The van der Waals surface area contributed by atoms with Crippen LogP contribution in [0.2, 0.25) is 0 Å². The van der Waals surface area contributed by atoms with Gasteiger partial charge in [0.2, 0.25) is 5.91 Å². The molecule has 22 heavy (non-hydrogen) atoms. The Hall–Kier alpha value is -1.72. The van der Waals surface area contributed by atoms with Gasteiger partial charge in [-0.05, 0) is 5.46 Å². The summed E-state index contributed by atoms with van der Waals surface area (Å²) in [5.74, 6) is -5.63. The molecule has 5 nitrogen and oxygen atoms in total. The second-order valence-corrected chi connectivity index (χ2v) is 4.23. The third-order valence-corrected chi connectivity index (χ3v) is 2.57. The molecule has 0 radical (unpaired) electrons. The lowest BCUT2D eigenvalue weighted by molar-refractivity contribution is -0.289. The minimum Gasteiger partial charge on any atom is -0.422 e. The third-order valence-electron chi connectivity index (χ3n) is 2.57. The summed E-state index contributed by atoms with van der Waals surface area (Å²) in [5.41, 5.74) is 5.56. The molecule has 0 bridgehead atoms. The highest BCUT2D eigenvalue weighted by Crippen LogP contribution is 2.43. The first kappa shape index (κ1) is 18.3. The summed E-state index contributed by atoms with van der Waals surface area (Å²) < 4.78 is 67.2. The van der Waals surface area contributed by atoms with Crippen LogP contribution in [0.1, 0.15) is 12.0 Å². The molecule has 1 aromatic rings. The van der Waals surface area contributed by atoms with E-state index in [0.29, 0.717) is 12.1 Å². The van der Waals surface area contributed by atoms with Crippen LogP contribution < -0.4 is 16.7 Å². The van der Waals surface area contributed by atoms with Crippen molar-refractivity contribution in [3.05, 3.63) is 29.8 Å². The van der Waals surface area contributed by atoms with Crippen LogP contribution in [-0.2, 0) is 15.5 Å². The van der Waals surface area contributed by atoms with E-state index in [1.807, 2.05) is 5.48 Å². The minimum atomic E-state index is -5.72. The Balaban J connectivity index is 2.74. The minimum absolute atomic E-state index is 0.0481. The maximum atomic E-state index is 13.0. The van der Waals surface area contributed by atoms with E-state index < -0.39 is 30.7 Å². The smallest absolute Gasteiger partial charge is 0.422 e. The second kappa shape index (κ2) is 7.03. The number of rotatable bonds is 6. The second-order valence-electron chi connectivity index (χ2n) is 4.23. The predicted octanol–water partition coefficient (Wildman–Crippen LogP) is 0.425. The number of hydrogen-bond donors (Lipinski definition) is 3. The van der Waals surface area contributed by atoms with Crippen molar-refractivity contribution in [3.63, 3.8) is 0 Å². The van der Waals surface area contributed by atoms with Gasteiger partial charge in [-0.15, -0.1) is 0 Å². The van der Waals surface area contributed by atoms with Gasteiger partial charge in [-0.25, -0.2) is 5.48 Å². The third kappa shape index (κ3) is 4.39. The van der Waals surface area contributed by atoms with Gasteiger partial charge in [-0.1, -0.05) is 24.3 Å². The van der Waals surface area contributed by atoms with Gasteiger partial charge in [0.05, 0.1) is 0 Å². The Morgan fingerprint density at radius 3 is 2.23 bits per heavy atom. The van der Waals surface area contributed by atoms with E-state index in [4.69, 9.17) is 5.73 Å². The zero-order valence-electron chi connectivity index (χ0n) is 11.0. The highest BCUT2D eigenvalue weighted by Gasteiger charge is 2.58. The first-order chi connectivity index (χ1) is 10.1. The molecule has 0 saturated carbocycles. The number of halogens is 5. The molecule has 1 rings (SSSR count). The molecule has 0 aliphatic heterocycles. The van der Waals surface area contributed by atoms with E-state index >= 15 is 0 Å². The zero-order valence-corrected chi connectivity index (χ0v) is 11.0. The molecule has 0 spiro atoms. The normalized spacial score (nSPS) is 12.1. The van der Waals surface area contributed by atoms with Gasteiger partial charge in [-0.2, -0.15) is 22.0 Å². The van der Waals surface area contributed by atoms with E-state index in [1.54, 1.807) is 0 Å². The van der Waals surface area contributed by atoms with Crippen molar-refractivity contribution in [1.29, 1.82) is 0 Å². The fourth-order valence-corrected chi connectivity index (χ4v) is 1.39. The molecule has 0 atom stereocenters. The molecule has 0 aliphatic carbocycles. The Kier molecular flexibility index (Phi) is 5.86. The Bertz CT molecular complexity index is 509. The van der Waals surface area contributed by atoms with Crippen LogP contribution in [0.4, 0.5) is 22.0 Å². The maximum Gasteiger partial charge on any atom is 0.514 e. The summed E-state index contributed by atoms with van der Waals surface area (Å²) in [5, 5.41) is 9.51. The van der Waals surface area contributed by atoms with Gasteiger partial charge >= 0.3 is 19.2 Å². The molecule has 11 heteroatoms. The first-order valence-electron chi connectivity index (χ1n) is 5.97. The molecule has 0 fully saturated rings. The monoisotopic (exact) mass is 326 g/mol.